The molecule has 1 heterocycles. The number of hydrogen-bond donors (Lipinski definition) is 0. The van der Waals surface area contributed by atoms with E-state index in [0.717, 1.165) is 6.20 Å². The number of nitrogens with zero attached hydrogens (tertiary/aromatic N) is 2. The van der Waals surface area contributed by atoms with Crippen LogP contribution in [0.4, 0.5) is 13.2 Å². The number of alkyl halides is 3. The van der Waals surface area contributed by atoms with E-state index in [1.807, 2.05) is 0 Å². The van der Waals surface area contributed by atoms with Crippen LogP contribution >= 0.6 is 0 Å². The third-order valence-corrected chi connectivity index (χ3v) is 2.04. The first-order valence-corrected chi connectivity index (χ1v) is 4.39. The van der Waals surface area contributed by atoms with Gasteiger partial charge in [0.15, 0.2) is 0 Å². The Labute approximate surface area is 88.9 Å². The molecular weight excluding hydrogens is 221 g/mol. The van der Waals surface area contributed by atoms with Gasteiger partial charge in [-0.3, -0.25) is 0 Å². The van der Waals surface area contributed by atoms with Crippen molar-refractivity contribution in [2.24, 2.45) is 0 Å². The fraction of sp³-hybridized carbons (Fsp3) is 0.200. The molecular formula is C10H7F3N2O. The standard InChI is InChI=1S/C10H7F3N2O/c1-16-7-2-3-8-6(4-7)5-14-9(15-8)10(11,12)13/h2-5H,1H3. The number of rotatable bonds is 1. The average Bonchev–Trinajstić information content (AvgIpc) is 2.26. The van der Waals surface area contributed by atoms with Crippen LogP contribution in [0.15, 0.2) is 24.4 Å². The zero-order valence-electron chi connectivity index (χ0n) is 8.25. The summed E-state index contributed by atoms with van der Waals surface area (Å²) in [7, 11) is 1.48. The SMILES string of the molecule is COc1ccc2nc(C(F)(F)F)ncc2c1. The summed E-state index contributed by atoms with van der Waals surface area (Å²) in [5.74, 6) is -0.582. The Kier molecular flexibility index (Phi) is 2.41. The molecule has 0 saturated heterocycles. The Bertz CT molecular complexity index is 525. The van der Waals surface area contributed by atoms with E-state index in [9.17, 15) is 13.2 Å². The number of hydrogen-bond acceptors (Lipinski definition) is 3. The highest BCUT2D eigenvalue weighted by Gasteiger charge is 2.34. The van der Waals surface area contributed by atoms with Crippen LogP contribution in [0.2, 0.25) is 0 Å². The topological polar surface area (TPSA) is 35.0 Å². The number of halogens is 3. The molecule has 0 fully saturated rings. The molecule has 0 bridgehead atoms. The van der Waals surface area contributed by atoms with Crippen LogP contribution in [-0.2, 0) is 6.18 Å². The molecule has 2 rings (SSSR count). The molecule has 0 aliphatic rings. The zero-order valence-corrected chi connectivity index (χ0v) is 8.25. The summed E-state index contributed by atoms with van der Waals surface area (Å²) < 4.78 is 41.9. The van der Waals surface area contributed by atoms with Crippen molar-refractivity contribution in [2.45, 2.75) is 6.18 Å². The minimum absolute atomic E-state index is 0.239. The maximum absolute atomic E-state index is 12.3. The number of benzene rings is 1. The molecule has 0 aliphatic carbocycles. The summed E-state index contributed by atoms with van der Waals surface area (Å²) in [4.78, 5) is 6.69. The molecule has 0 N–H and O–H groups in total. The molecule has 2 aromatic rings. The average molecular weight is 228 g/mol. The van der Waals surface area contributed by atoms with Crippen LogP contribution in [0.5, 0.6) is 5.75 Å². The first kappa shape index (κ1) is 10.7. The van der Waals surface area contributed by atoms with Gasteiger partial charge in [0.1, 0.15) is 5.75 Å². The maximum atomic E-state index is 12.3. The fourth-order valence-corrected chi connectivity index (χ4v) is 1.28. The van der Waals surface area contributed by atoms with Gasteiger partial charge in [-0.05, 0) is 18.2 Å². The Morgan fingerprint density at radius 1 is 1.25 bits per heavy atom. The fourth-order valence-electron chi connectivity index (χ4n) is 1.28. The lowest BCUT2D eigenvalue weighted by molar-refractivity contribution is -0.144. The summed E-state index contributed by atoms with van der Waals surface area (Å²) in [6.07, 6.45) is -3.39. The molecule has 16 heavy (non-hydrogen) atoms. The second-order valence-corrected chi connectivity index (χ2v) is 3.12. The molecule has 0 spiro atoms. The summed E-state index contributed by atoms with van der Waals surface area (Å²) in [6.45, 7) is 0. The van der Waals surface area contributed by atoms with E-state index >= 15 is 0 Å². The lowest BCUT2D eigenvalue weighted by Gasteiger charge is -2.06. The summed E-state index contributed by atoms with van der Waals surface area (Å²) in [5.41, 5.74) is 0.239. The monoisotopic (exact) mass is 228 g/mol. The van der Waals surface area contributed by atoms with Gasteiger partial charge in [-0.15, -0.1) is 0 Å². The van der Waals surface area contributed by atoms with E-state index in [0.29, 0.717) is 11.1 Å². The number of fused-ring (bicyclic) bond motifs is 1. The first-order chi connectivity index (χ1) is 7.50. The lowest BCUT2D eigenvalue weighted by atomic mass is 10.2. The Morgan fingerprint density at radius 2 is 2.00 bits per heavy atom. The predicted molar refractivity (Wildman–Crippen MR) is 51.1 cm³/mol. The van der Waals surface area contributed by atoms with E-state index in [4.69, 9.17) is 4.74 Å². The number of methoxy groups -OCH3 is 1. The van der Waals surface area contributed by atoms with Crippen molar-refractivity contribution in [1.82, 2.24) is 9.97 Å². The molecule has 1 aromatic carbocycles. The van der Waals surface area contributed by atoms with Crippen LogP contribution in [0.1, 0.15) is 5.82 Å². The Hall–Kier alpha value is -1.85. The van der Waals surface area contributed by atoms with Gasteiger partial charge in [0.2, 0.25) is 5.82 Å². The molecule has 0 saturated carbocycles. The quantitative estimate of drug-likeness (QED) is 0.752. The van der Waals surface area contributed by atoms with Crippen LogP contribution in [0, 0.1) is 0 Å². The van der Waals surface area contributed by atoms with Crippen molar-refractivity contribution >= 4 is 10.9 Å². The van der Waals surface area contributed by atoms with Crippen molar-refractivity contribution in [3.63, 3.8) is 0 Å². The third-order valence-electron chi connectivity index (χ3n) is 2.04. The van der Waals surface area contributed by atoms with Crippen LogP contribution in [-0.4, -0.2) is 17.1 Å². The molecule has 0 unspecified atom stereocenters. The van der Waals surface area contributed by atoms with Gasteiger partial charge in [-0.25, -0.2) is 9.97 Å². The van der Waals surface area contributed by atoms with Gasteiger partial charge in [0.05, 0.1) is 12.6 Å². The Morgan fingerprint density at radius 3 is 2.62 bits per heavy atom. The van der Waals surface area contributed by atoms with Gasteiger partial charge in [-0.2, -0.15) is 13.2 Å². The molecule has 0 amide bonds. The molecule has 6 heteroatoms. The normalized spacial score (nSPS) is 11.8. The second kappa shape index (κ2) is 3.62. The van der Waals surface area contributed by atoms with Crippen molar-refractivity contribution in [3.8, 4) is 5.75 Å². The van der Waals surface area contributed by atoms with E-state index in [1.54, 1.807) is 12.1 Å². The molecule has 0 aliphatic heterocycles. The summed E-state index contributed by atoms with van der Waals surface area (Å²) in [5, 5.41) is 0.507. The molecule has 84 valence electrons. The largest absolute Gasteiger partial charge is 0.497 e. The van der Waals surface area contributed by atoms with E-state index in [1.165, 1.54) is 13.2 Å². The zero-order chi connectivity index (χ0) is 11.8. The van der Waals surface area contributed by atoms with Crippen LogP contribution < -0.4 is 4.74 Å². The number of ether oxygens (including phenoxy) is 1. The highest BCUT2D eigenvalue weighted by atomic mass is 19.4. The van der Waals surface area contributed by atoms with Gasteiger partial charge >= 0.3 is 6.18 Å². The van der Waals surface area contributed by atoms with Gasteiger partial charge < -0.3 is 4.74 Å². The maximum Gasteiger partial charge on any atom is 0.451 e. The van der Waals surface area contributed by atoms with Crippen molar-refractivity contribution < 1.29 is 17.9 Å². The second-order valence-electron chi connectivity index (χ2n) is 3.12. The van der Waals surface area contributed by atoms with Crippen molar-refractivity contribution in [3.05, 3.63) is 30.2 Å². The minimum atomic E-state index is -4.52. The first-order valence-electron chi connectivity index (χ1n) is 4.39. The predicted octanol–water partition coefficient (Wildman–Crippen LogP) is 2.66. The summed E-state index contributed by atoms with van der Waals surface area (Å²) >= 11 is 0. The van der Waals surface area contributed by atoms with E-state index in [2.05, 4.69) is 9.97 Å². The molecule has 1 aromatic heterocycles. The van der Waals surface area contributed by atoms with Gasteiger partial charge in [0, 0.05) is 11.6 Å². The van der Waals surface area contributed by atoms with Crippen LogP contribution in [0.3, 0.4) is 0 Å². The van der Waals surface area contributed by atoms with Gasteiger partial charge in [-0.1, -0.05) is 0 Å². The Balaban J connectivity index is 2.56. The third kappa shape index (κ3) is 1.91. The highest BCUT2D eigenvalue weighted by Crippen LogP contribution is 2.27. The van der Waals surface area contributed by atoms with Gasteiger partial charge in [0.25, 0.3) is 0 Å². The van der Waals surface area contributed by atoms with Crippen molar-refractivity contribution in [2.75, 3.05) is 7.11 Å². The number of aromatic nitrogens is 2. The lowest BCUT2D eigenvalue weighted by Crippen LogP contribution is -2.10. The highest BCUT2D eigenvalue weighted by molar-refractivity contribution is 5.79. The van der Waals surface area contributed by atoms with Crippen LogP contribution in [0.25, 0.3) is 10.9 Å². The molecule has 3 nitrogen and oxygen atoms in total. The summed E-state index contributed by atoms with van der Waals surface area (Å²) in [6, 6.07) is 4.59. The van der Waals surface area contributed by atoms with E-state index in [-0.39, 0.29) is 5.52 Å². The van der Waals surface area contributed by atoms with E-state index < -0.39 is 12.0 Å². The molecule has 0 atom stereocenters. The van der Waals surface area contributed by atoms with Crippen molar-refractivity contribution in [1.29, 1.82) is 0 Å². The smallest absolute Gasteiger partial charge is 0.451 e. The minimum Gasteiger partial charge on any atom is -0.497 e. The molecule has 0 radical (unpaired) electrons.